The largest absolute Gasteiger partial charge is 0.381 e. The Labute approximate surface area is 168 Å². The molecule has 1 aliphatic rings. The molecule has 1 aliphatic carbocycles. The maximum absolute atomic E-state index is 4.34. The predicted molar refractivity (Wildman–Crippen MR) is 117 cm³/mol. The molecule has 0 bridgehead atoms. The van der Waals surface area contributed by atoms with E-state index in [9.17, 15) is 0 Å². The lowest BCUT2D eigenvalue weighted by Crippen LogP contribution is -2.23. The number of aryl methyl sites for hydroxylation is 2. The molecule has 146 valence electrons. The Morgan fingerprint density at radius 3 is 2.79 bits per heavy atom. The Hall–Kier alpha value is -2.59. The lowest BCUT2D eigenvalue weighted by atomic mass is 10.00. The topological polar surface area (TPSA) is 33.1 Å². The summed E-state index contributed by atoms with van der Waals surface area (Å²) in [6.45, 7) is 4.08. The number of rotatable bonds is 8. The molecule has 0 atom stereocenters. The van der Waals surface area contributed by atoms with Gasteiger partial charge in [-0.2, -0.15) is 5.10 Å². The van der Waals surface area contributed by atoms with Crippen molar-refractivity contribution < 1.29 is 0 Å². The van der Waals surface area contributed by atoms with Gasteiger partial charge in [0.05, 0.1) is 6.20 Å². The molecular weight excluding hydrogens is 344 g/mol. The van der Waals surface area contributed by atoms with Crippen molar-refractivity contribution in [3.63, 3.8) is 0 Å². The molecule has 0 unspecified atom stereocenters. The van der Waals surface area contributed by atoms with Crippen LogP contribution in [0.15, 0.2) is 54.9 Å². The molecular formula is C24H30N4. The Kier molecular flexibility index (Phi) is 5.49. The maximum Gasteiger partial charge on any atom is 0.0568 e. The van der Waals surface area contributed by atoms with Crippen molar-refractivity contribution in [2.45, 2.75) is 38.8 Å². The monoisotopic (exact) mass is 374 g/mol. The molecule has 4 nitrogen and oxygen atoms in total. The van der Waals surface area contributed by atoms with Gasteiger partial charge in [-0.05, 0) is 62.1 Å². The smallest absolute Gasteiger partial charge is 0.0568 e. The van der Waals surface area contributed by atoms with Crippen LogP contribution in [0.3, 0.4) is 0 Å². The van der Waals surface area contributed by atoms with Gasteiger partial charge in [0.25, 0.3) is 0 Å². The van der Waals surface area contributed by atoms with Crippen LogP contribution in [-0.2, 0) is 20.0 Å². The van der Waals surface area contributed by atoms with Crippen molar-refractivity contribution in [3.8, 4) is 11.1 Å². The predicted octanol–water partition coefficient (Wildman–Crippen LogP) is 4.64. The van der Waals surface area contributed by atoms with Crippen LogP contribution in [0.4, 0.5) is 5.69 Å². The standard InChI is InChI=1S/C24H30N4/c1-18-7-8-20(24(13-18)21-16-26-28(3)17-21)15-25-22-6-4-5-19(14-22)11-12-27(2)23-9-10-23/h4-8,13-14,16-17,23,25H,9-12,15H2,1-3H3. The van der Waals surface area contributed by atoms with Gasteiger partial charge in [0.1, 0.15) is 0 Å². The third kappa shape index (κ3) is 4.63. The van der Waals surface area contributed by atoms with E-state index in [1.54, 1.807) is 0 Å². The highest BCUT2D eigenvalue weighted by atomic mass is 15.2. The zero-order valence-electron chi connectivity index (χ0n) is 17.2. The van der Waals surface area contributed by atoms with Crippen LogP contribution < -0.4 is 5.32 Å². The third-order valence-electron chi connectivity index (χ3n) is 5.61. The van der Waals surface area contributed by atoms with Gasteiger partial charge < -0.3 is 10.2 Å². The molecule has 1 heterocycles. The molecule has 28 heavy (non-hydrogen) atoms. The first kappa shape index (κ1) is 18.8. The first-order valence-corrected chi connectivity index (χ1v) is 10.2. The minimum absolute atomic E-state index is 0.802. The van der Waals surface area contributed by atoms with Crippen molar-refractivity contribution in [1.29, 1.82) is 0 Å². The fourth-order valence-electron chi connectivity index (χ4n) is 3.71. The number of nitrogens with zero attached hydrogens (tertiary/aromatic N) is 3. The van der Waals surface area contributed by atoms with E-state index in [2.05, 4.69) is 77.9 Å². The van der Waals surface area contributed by atoms with Crippen molar-refractivity contribution in [2.24, 2.45) is 7.05 Å². The average Bonchev–Trinajstić information content (AvgIpc) is 3.46. The molecule has 4 heteroatoms. The molecule has 0 saturated heterocycles. The molecule has 1 aromatic heterocycles. The van der Waals surface area contributed by atoms with E-state index in [0.717, 1.165) is 25.6 Å². The number of aromatic nitrogens is 2. The first-order valence-electron chi connectivity index (χ1n) is 10.2. The molecule has 3 aromatic rings. The molecule has 1 fully saturated rings. The Bertz CT molecular complexity index is 939. The van der Waals surface area contributed by atoms with Gasteiger partial charge in [0, 0.05) is 43.6 Å². The van der Waals surface area contributed by atoms with Crippen LogP contribution in [0.1, 0.15) is 29.5 Å². The van der Waals surface area contributed by atoms with E-state index < -0.39 is 0 Å². The van der Waals surface area contributed by atoms with Crippen LogP contribution in [0.25, 0.3) is 11.1 Å². The van der Waals surface area contributed by atoms with Crippen molar-refractivity contribution in [3.05, 3.63) is 71.5 Å². The van der Waals surface area contributed by atoms with E-state index >= 15 is 0 Å². The van der Waals surface area contributed by atoms with Crippen LogP contribution in [0, 0.1) is 6.92 Å². The van der Waals surface area contributed by atoms with Crippen molar-refractivity contribution >= 4 is 5.69 Å². The van der Waals surface area contributed by atoms with Gasteiger partial charge in [0.2, 0.25) is 0 Å². The lowest BCUT2D eigenvalue weighted by Gasteiger charge is -2.16. The second kappa shape index (κ2) is 8.19. The van der Waals surface area contributed by atoms with Gasteiger partial charge in [-0.25, -0.2) is 0 Å². The Balaban J connectivity index is 1.44. The van der Waals surface area contributed by atoms with E-state index in [1.807, 2.05) is 17.9 Å². The summed E-state index contributed by atoms with van der Waals surface area (Å²) in [6.07, 6.45) is 7.86. The second-order valence-corrected chi connectivity index (χ2v) is 8.08. The molecule has 1 saturated carbocycles. The molecule has 0 amide bonds. The van der Waals surface area contributed by atoms with E-state index in [-0.39, 0.29) is 0 Å². The number of hydrogen-bond donors (Lipinski definition) is 1. The summed E-state index contributed by atoms with van der Waals surface area (Å²) in [7, 11) is 4.21. The van der Waals surface area contributed by atoms with Gasteiger partial charge in [-0.1, -0.05) is 35.9 Å². The highest BCUT2D eigenvalue weighted by Crippen LogP contribution is 2.27. The SMILES string of the molecule is Cc1ccc(CNc2cccc(CCN(C)C3CC3)c2)c(-c2cnn(C)c2)c1. The van der Waals surface area contributed by atoms with Crippen molar-refractivity contribution in [2.75, 3.05) is 18.9 Å². The first-order chi connectivity index (χ1) is 13.6. The molecule has 0 radical (unpaired) electrons. The quantitative estimate of drug-likeness (QED) is 0.623. The van der Waals surface area contributed by atoms with Crippen LogP contribution in [0.2, 0.25) is 0 Å². The number of hydrogen-bond acceptors (Lipinski definition) is 3. The van der Waals surface area contributed by atoms with E-state index in [0.29, 0.717) is 0 Å². The third-order valence-corrected chi connectivity index (χ3v) is 5.61. The van der Waals surface area contributed by atoms with E-state index in [4.69, 9.17) is 0 Å². The Morgan fingerprint density at radius 2 is 2.04 bits per heavy atom. The van der Waals surface area contributed by atoms with Crippen LogP contribution in [0.5, 0.6) is 0 Å². The van der Waals surface area contributed by atoms with E-state index in [1.165, 1.54) is 46.3 Å². The fraction of sp³-hybridized carbons (Fsp3) is 0.375. The molecule has 4 rings (SSSR count). The summed E-state index contributed by atoms with van der Waals surface area (Å²) in [5, 5.41) is 7.96. The Morgan fingerprint density at radius 1 is 1.18 bits per heavy atom. The van der Waals surface area contributed by atoms with Crippen LogP contribution in [-0.4, -0.2) is 34.3 Å². The fourth-order valence-corrected chi connectivity index (χ4v) is 3.71. The minimum Gasteiger partial charge on any atom is -0.381 e. The average molecular weight is 375 g/mol. The zero-order valence-corrected chi connectivity index (χ0v) is 17.2. The molecule has 0 spiro atoms. The highest BCUT2D eigenvalue weighted by Gasteiger charge is 2.25. The summed E-state index contributed by atoms with van der Waals surface area (Å²) in [5.41, 5.74) is 7.56. The zero-order chi connectivity index (χ0) is 19.5. The number of nitrogens with one attached hydrogen (secondary N) is 1. The number of likely N-dealkylation sites (N-methyl/N-ethyl adjacent to an activating group) is 1. The number of anilines is 1. The second-order valence-electron chi connectivity index (χ2n) is 8.08. The van der Waals surface area contributed by atoms with Crippen LogP contribution >= 0.6 is 0 Å². The normalized spacial score (nSPS) is 13.9. The van der Waals surface area contributed by atoms with Gasteiger partial charge in [-0.15, -0.1) is 0 Å². The van der Waals surface area contributed by atoms with Gasteiger partial charge in [0.15, 0.2) is 0 Å². The molecule has 1 N–H and O–H groups in total. The van der Waals surface area contributed by atoms with Gasteiger partial charge >= 0.3 is 0 Å². The summed E-state index contributed by atoms with van der Waals surface area (Å²) >= 11 is 0. The van der Waals surface area contributed by atoms with Crippen molar-refractivity contribution in [1.82, 2.24) is 14.7 Å². The minimum atomic E-state index is 0.802. The highest BCUT2D eigenvalue weighted by molar-refractivity contribution is 5.67. The summed E-state index contributed by atoms with van der Waals surface area (Å²) in [4.78, 5) is 2.49. The maximum atomic E-state index is 4.34. The molecule has 0 aliphatic heterocycles. The summed E-state index contributed by atoms with van der Waals surface area (Å²) in [6, 6.07) is 16.3. The summed E-state index contributed by atoms with van der Waals surface area (Å²) in [5.74, 6) is 0. The number of benzene rings is 2. The molecule has 2 aromatic carbocycles. The summed E-state index contributed by atoms with van der Waals surface area (Å²) < 4.78 is 1.86. The lowest BCUT2D eigenvalue weighted by molar-refractivity contribution is 0.328. The van der Waals surface area contributed by atoms with Gasteiger partial charge in [-0.3, -0.25) is 4.68 Å².